The zero-order valence-electron chi connectivity index (χ0n) is 12.8. The summed E-state index contributed by atoms with van der Waals surface area (Å²) in [5.74, 6) is -0.128. The molecule has 0 aliphatic rings. The molecule has 0 aliphatic carbocycles. The van der Waals surface area contributed by atoms with Crippen molar-refractivity contribution in [2.24, 2.45) is 0 Å². The number of hydrogen-bond donors (Lipinski definition) is 1. The van der Waals surface area contributed by atoms with Gasteiger partial charge in [0.05, 0.1) is 12.0 Å². The number of nitrogens with zero attached hydrogens (tertiary/aromatic N) is 2. The molecule has 1 heterocycles. The van der Waals surface area contributed by atoms with E-state index in [2.05, 4.69) is 10.3 Å². The third-order valence-electron chi connectivity index (χ3n) is 3.28. The van der Waals surface area contributed by atoms with Crippen LogP contribution in [0.15, 0.2) is 35.4 Å². The monoisotopic (exact) mass is 319 g/mol. The Labute approximate surface area is 134 Å². The van der Waals surface area contributed by atoms with Gasteiger partial charge in [-0.25, -0.2) is 4.98 Å². The van der Waals surface area contributed by atoms with Gasteiger partial charge in [0.2, 0.25) is 5.91 Å². The number of carbonyl (C=O) groups is 1. The number of amides is 1. The Morgan fingerprint density at radius 1 is 1.36 bits per heavy atom. The minimum Gasteiger partial charge on any atom is -0.324 e. The van der Waals surface area contributed by atoms with Gasteiger partial charge in [0, 0.05) is 16.8 Å². The Balaban J connectivity index is 2.12. The molecule has 5 nitrogen and oxygen atoms in total. The number of halogens is 1. The molecule has 0 unspecified atom stereocenters. The first-order chi connectivity index (χ1) is 10.4. The second-order valence-electron chi connectivity index (χ2n) is 5.44. The lowest BCUT2D eigenvalue weighted by molar-refractivity contribution is -0.116. The maximum Gasteiger partial charge on any atom is 0.254 e. The first-order valence-corrected chi connectivity index (χ1v) is 7.37. The van der Waals surface area contributed by atoms with Gasteiger partial charge in [-0.15, -0.1) is 0 Å². The first kappa shape index (κ1) is 16.2. The highest BCUT2D eigenvalue weighted by Crippen LogP contribution is 2.20. The summed E-state index contributed by atoms with van der Waals surface area (Å²) in [5, 5.41) is 3.30. The highest BCUT2D eigenvalue weighted by Gasteiger charge is 2.09. The Hall–Kier alpha value is -2.14. The molecule has 0 atom stereocenters. The van der Waals surface area contributed by atoms with Gasteiger partial charge in [0.15, 0.2) is 0 Å². The summed E-state index contributed by atoms with van der Waals surface area (Å²) in [5.41, 5.74) is 2.01. The number of rotatable bonds is 4. The fourth-order valence-corrected chi connectivity index (χ4v) is 2.12. The van der Waals surface area contributed by atoms with Gasteiger partial charge in [0.25, 0.3) is 5.56 Å². The number of nitrogens with one attached hydrogen (secondary N) is 1. The molecule has 0 aliphatic heterocycles. The van der Waals surface area contributed by atoms with Gasteiger partial charge >= 0.3 is 0 Å². The van der Waals surface area contributed by atoms with Crippen LogP contribution in [0.4, 0.5) is 5.69 Å². The number of hydrogen-bond acceptors (Lipinski definition) is 3. The van der Waals surface area contributed by atoms with E-state index in [1.807, 2.05) is 26.8 Å². The summed E-state index contributed by atoms with van der Waals surface area (Å²) in [6.45, 7) is 5.70. The molecule has 22 heavy (non-hydrogen) atoms. The van der Waals surface area contributed by atoms with Crippen LogP contribution in [-0.4, -0.2) is 15.5 Å². The van der Waals surface area contributed by atoms with E-state index >= 15 is 0 Å². The number of aromatic nitrogens is 2. The predicted molar refractivity (Wildman–Crippen MR) is 87.4 cm³/mol. The molecule has 0 radical (unpaired) electrons. The summed E-state index contributed by atoms with van der Waals surface area (Å²) in [6.07, 6.45) is 1.40. The smallest absolute Gasteiger partial charge is 0.254 e. The Kier molecular flexibility index (Phi) is 4.98. The highest BCUT2D eigenvalue weighted by atomic mass is 35.5. The molecule has 0 fully saturated rings. The van der Waals surface area contributed by atoms with Crippen LogP contribution in [0, 0.1) is 6.92 Å². The topological polar surface area (TPSA) is 64.0 Å². The summed E-state index contributed by atoms with van der Waals surface area (Å²) < 4.78 is 1.28. The van der Waals surface area contributed by atoms with Crippen LogP contribution in [0.3, 0.4) is 0 Å². The van der Waals surface area contributed by atoms with E-state index in [1.54, 1.807) is 12.1 Å². The van der Waals surface area contributed by atoms with E-state index in [1.165, 1.54) is 17.0 Å². The second-order valence-corrected chi connectivity index (χ2v) is 5.88. The Morgan fingerprint density at radius 2 is 2.09 bits per heavy atom. The molecule has 0 saturated heterocycles. The van der Waals surface area contributed by atoms with Crippen LogP contribution in [0.1, 0.15) is 31.0 Å². The zero-order chi connectivity index (χ0) is 16.3. The largest absolute Gasteiger partial charge is 0.324 e. The molecular weight excluding hydrogens is 302 g/mol. The van der Waals surface area contributed by atoms with Crippen LogP contribution in [-0.2, 0) is 11.3 Å². The van der Waals surface area contributed by atoms with Crippen molar-refractivity contribution in [1.82, 2.24) is 9.55 Å². The Bertz CT molecular complexity index is 753. The number of anilines is 1. The molecule has 6 heteroatoms. The molecule has 116 valence electrons. The average Bonchev–Trinajstić information content (AvgIpc) is 2.45. The molecule has 2 rings (SSSR count). The number of benzene rings is 1. The normalized spacial score (nSPS) is 10.8. The average molecular weight is 320 g/mol. The van der Waals surface area contributed by atoms with Crippen LogP contribution in [0.2, 0.25) is 5.02 Å². The molecule has 1 amide bonds. The standard InChI is InChI=1S/C16H18ClN3O2/c1-10(2)13-7-16(22)20(9-18-13)8-15(21)19-14-6-12(17)5-4-11(14)3/h4-7,9-10H,8H2,1-3H3,(H,19,21). The van der Waals surface area contributed by atoms with Crippen molar-refractivity contribution in [2.75, 3.05) is 5.32 Å². The fourth-order valence-electron chi connectivity index (χ4n) is 1.95. The van der Waals surface area contributed by atoms with Crippen molar-refractivity contribution >= 4 is 23.2 Å². The van der Waals surface area contributed by atoms with E-state index < -0.39 is 0 Å². The minimum absolute atomic E-state index is 0.0871. The summed E-state index contributed by atoms with van der Waals surface area (Å²) >= 11 is 5.92. The van der Waals surface area contributed by atoms with Gasteiger partial charge < -0.3 is 5.32 Å². The van der Waals surface area contributed by atoms with E-state index in [0.29, 0.717) is 16.4 Å². The zero-order valence-corrected chi connectivity index (χ0v) is 13.5. The van der Waals surface area contributed by atoms with Gasteiger partial charge in [-0.2, -0.15) is 0 Å². The fraction of sp³-hybridized carbons (Fsp3) is 0.312. The van der Waals surface area contributed by atoms with Gasteiger partial charge in [0.1, 0.15) is 6.54 Å². The van der Waals surface area contributed by atoms with Crippen molar-refractivity contribution in [3.05, 3.63) is 57.2 Å². The molecule has 0 saturated carbocycles. The minimum atomic E-state index is -0.299. The van der Waals surface area contributed by atoms with Crippen molar-refractivity contribution in [1.29, 1.82) is 0 Å². The summed E-state index contributed by atoms with van der Waals surface area (Å²) in [6, 6.07) is 6.72. The molecular formula is C16H18ClN3O2. The molecule has 1 N–H and O–H groups in total. The van der Waals surface area contributed by atoms with Gasteiger partial charge in [-0.05, 0) is 30.5 Å². The van der Waals surface area contributed by atoms with E-state index in [-0.39, 0.29) is 23.9 Å². The molecule has 0 spiro atoms. The van der Waals surface area contributed by atoms with Crippen LogP contribution in [0.25, 0.3) is 0 Å². The maximum absolute atomic E-state index is 12.1. The number of aryl methyl sites for hydroxylation is 1. The predicted octanol–water partition coefficient (Wildman–Crippen LogP) is 2.97. The quantitative estimate of drug-likeness (QED) is 0.942. The van der Waals surface area contributed by atoms with Crippen molar-refractivity contribution in [2.45, 2.75) is 33.2 Å². The highest BCUT2D eigenvalue weighted by molar-refractivity contribution is 6.31. The van der Waals surface area contributed by atoms with E-state index in [4.69, 9.17) is 11.6 Å². The molecule has 1 aromatic heterocycles. The number of carbonyl (C=O) groups excluding carboxylic acids is 1. The van der Waals surface area contributed by atoms with Gasteiger partial charge in [-0.1, -0.05) is 31.5 Å². The van der Waals surface area contributed by atoms with Crippen molar-refractivity contribution in [3.8, 4) is 0 Å². The van der Waals surface area contributed by atoms with E-state index in [9.17, 15) is 9.59 Å². The first-order valence-electron chi connectivity index (χ1n) is 6.99. The van der Waals surface area contributed by atoms with Crippen LogP contribution >= 0.6 is 11.6 Å². The second kappa shape index (κ2) is 6.75. The maximum atomic E-state index is 12.1. The molecule has 0 bridgehead atoms. The van der Waals surface area contributed by atoms with Crippen molar-refractivity contribution in [3.63, 3.8) is 0 Å². The third kappa shape index (κ3) is 3.95. The van der Waals surface area contributed by atoms with Crippen molar-refractivity contribution < 1.29 is 4.79 Å². The lowest BCUT2D eigenvalue weighted by Gasteiger charge is -2.11. The lowest BCUT2D eigenvalue weighted by atomic mass is 10.1. The van der Waals surface area contributed by atoms with Gasteiger partial charge in [-0.3, -0.25) is 14.2 Å². The van der Waals surface area contributed by atoms with Crippen LogP contribution < -0.4 is 10.9 Å². The molecule has 2 aromatic rings. The van der Waals surface area contributed by atoms with Crippen LogP contribution in [0.5, 0.6) is 0 Å². The summed E-state index contributed by atoms with van der Waals surface area (Å²) in [7, 11) is 0. The SMILES string of the molecule is Cc1ccc(Cl)cc1NC(=O)Cn1cnc(C(C)C)cc1=O. The lowest BCUT2D eigenvalue weighted by Crippen LogP contribution is -2.28. The Morgan fingerprint density at radius 3 is 2.73 bits per heavy atom. The summed E-state index contributed by atoms with van der Waals surface area (Å²) in [4.78, 5) is 28.2. The third-order valence-corrected chi connectivity index (χ3v) is 3.51. The van der Waals surface area contributed by atoms with E-state index in [0.717, 1.165) is 5.56 Å². The molecule has 1 aromatic carbocycles.